The van der Waals surface area contributed by atoms with Gasteiger partial charge in [-0.2, -0.15) is 0 Å². The van der Waals surface area contributed by atoms with E-state index in [2.05, 4.69) is 33.9 Å². The Morgan fingerprint density at radius 2 is 1.67 bits per heavy atom. The maximum absolute atomic E-state index is 9.80. The van der Waals surface area contributed by atoms with Gasteiger partial charge in [-0.25, -0.2) is 0 Å². The summed E-state index contributed by atoms with van der Waals surface area (Å²) in [4.78, 5) is 0. The maximum atomic E-state index is 9.80. The zero-order chi connectivity index (χ0) is 14.0. The van der Waals surface area contributed by atoms with E-state index < -0.39 is 8.32 Å². The Morgan fingerprint density at radius 1 is 1.17 bits per heavy atom. The van der Waals surface area contributed by atoms with Crippen molar-refractivity contribution in [3.8, 4) is 0 Å². The Labute approximate surface area is 114 Å². The summed E-state index contributed by atoms with van der Waals surface area (Å²) in [6, 6.07) is 0. The molecule has 0 spiro atoms. The SMILES string of the molecule is CC(O)CC1(O[Si](C)(C)C(C)(C)C)CCCCC1. The number of aliphatic hydroxyl groups is 1. The van der Waals surface area contributed by atoms with Crippen molar-refractivity contribution in [1.82, 2.24) is 0 Å². The van der Waals surface area contributed by atoms with Gasteiger partial charge in [0.25, 0.3) is 0 Å². The van der Waals surface area contributed by atoms with Gasteiger partial charge in [-0.15, -0.1) is 0 Å². The summed E-state index contributed by atoms with van der Waals surface area (Å²) in [5.41, 5.74) is -0.0462. The summed E-state index contributed by atoms with van der Waals surface area (Å²) >= 11 is 0. The molecule has 0 aromatic rings. The predicted molar refractivity (Wildman–Crippen MR) is 80.4 cm³/mol. The predicted octanol–water partition coefficient (Wildman–Crippen LogP) is 4.48. The minimum Gasteiger partial charge on any atom is -0.411 e. The molecular formula is C15H32O2Si. The van der Waals surface area contributed by atoms with Gasteiger partial charge in [0.1, 0.15) is 0 Å². The van der Waals surface area contributed by atoms with Crippen LogP contribution in [-0.2, 0) is 4.43 Å². The second kappa shape index (κ2) is 5.64. The number of aliphatic hydroxyl groups excluding tert-OH is 1. The molecule has 108 valence electrons. The molecule has 2 nitrogen and oxygen atoms in total. The summed E-state index contributed by atoms with van der Waals surface area (Å²) in [5.74, 6) is 0. The van der Waals surface area contributed by atoms with Crippen LogP contribution in [0.25, 0.3) is 0 Å². The lowest BCUT2D eigenvalue weighted by atomic mass is 9.81. The molecule has 0 heterocycles. The van der Waals surface area contributed by atoms with Crippen LogP contribution >= 0.6 is 0 Å². The van der Waals surface area contributed by atoms with E-state index in [1.807, 2.05) is 6.92 Å². The third kappa shape index (κ3) is 4.07. The van der Waals surface area contributed by atoms with Crippen LogP contribution in [0.5, 0.6) is 0 Å². The summed E-state index contributed by atoms with van der Waals surface area (Å²) in [5, 5.41) is 10.1. The zero-order valence-corrected chi connectivity index (χ0v) is 14.2. The Balaban J connectivity index is 2.84. The molecule has 1 saturated carbocycles. The summed E-state index contributed by atoms with van der Waals surface area (Å²) < 4.78 is 6.72. The van der Waals surface area contributed by atoms with Crippen molar-refractivity contribution < 1.29 is 9.53 Å². The fourth-order valence-electron chi connectivity index (χ4n) is 2.78. The van der Waals surface area contributed by atoms with Crippen molar-refractivity contribution in [2.45, 2.75) is 96.1 Å². The third-order valence-corrected chi connectivity index (χ3v) is 9.27. The van der Waals surface area contributed by atoms with Crippen molar-refractivity contribution in [2.75, 3.05) is 0 Å². The fourth-order valence-corrected chi connectivity index (χ4v) is 4.45. The second-order valence-corrected chi connectivity index (χ2v) is 12.4. The van der Waals surface area contributed by atoms with Crippen LogP contribution in [0.2, 0.25) is 18.1 Å². The molecular weight excluding hydrogens is 240 g/mol. The lowest BCUT2D eigenvalue weighted by Gasteiger charge is -2.48. The van der Waals surface area contributed by atoms with E-state index >= 15 is 0 Å². The number of rotatable bonds is 4. The molecule has 0 aromatic heterocycles. The Bertz CT molecular complexity index is 260. The van der Waals surface area contributed by atoms with Crippen LogP contribution in [0.4, 0.5) is 0 Å². The van der Waals surface area contributed by atoms with E-state index in [1.54, 1.807) is 0 Å². The first-order valence-corrected chi connectivity index (χ1v) is 10.4. The quantitative estimate of drug-likeness (QED) is 0.765. The first-order valence-electron chi connectivity index (χ1n) is 7.46. The van der Waals surface area contributed by atoms with E-state index in [9.17, 15) is 5.11 Å². The van der Waals surface area contributed by atoms with Crippen molar-refractivity contribution in [3.05, 3.63) is 0 Å². The molecule has 18 heavy (non-hydrogen) atoms. The van der Waals surface area contributed by atoms with Crippen LogP contribution in [0.1, 0.15) is 66.2 Å². The van der Waals surface area contributed by atoms with Gasteiger partial charge in [-0.1, -0.05) is 40.0 Å². The Morgan fingerprint density at radius 3 is 2.06 bits per heavy atom. The van der Waals surface area contributed by atoms with Gasteiger partial charge >= 0.3 is 0 Å². The average Bonchev–Trinajstić information content (AvgIpc) is 2.14. The molecule has 1 fully saturated rings. The highest BCUT2D eigenvalue weighted by molar-refractivity contribution is 6.74. The van der Waals surface area contributed by atoms with Crippen LogP contribution < -0.4 is 0 Å². The van der Waals surface area contributed by atoms with Gasteiger partial charge in [-0.3, -0.25) is 0 Å². The van der Waals surface area contributed by atoms with E-state index in [0.717, 1.165) is 19.3 Å². The van der Waals surface area contributed by atoms with Crippen LogP contribution in [0.15, 0.2) is 0 Å². The van der Waals surface area contributed by atoms with Gasteiger partial charge in [-0.05, 0) is 37.9 Å². The standard InChI is InChI=1S/C15H32O2Si/c1-13(16)12-15(10-8-7-9-11-15)17-18(5,6)14(2,3)4/h13,16H,7-12H2,1-6H3. The molecule has 0 radical (unpaired) electrons. The minimum absolute atomic E-state index is 0.0462. The molecule has 0 bridgehead atoms. The molecule has 1 unspecified atom stereocenters. The van der Waals surface area contributed by atoms with Gasteiger partial charge in [0.2, 0.25) is 0 Å². The lowest BCUT2D eigenvalue weighted by molar-refractivity contribution is -0.0225. The van der Waals surface area contributed by atoms with Crippen LogP contribution in [-0.4, -0.2) is 25.1 Å². The average molecular weight is 273 g/mol. The van der Waals surface area contributed by atoms with Gasteiger partial charge in [0, 0.05) is 6.42 Å². The van der Waals surface area contributed by atoms with Gasteiger partial charge < -0.3 is 9.53 Å². The van der Waals surface area contributed by atoms with E-state index in [-0.39, 0.29) is 16.7 Å². The van der Waals surface area contributed by atoms with Crippen LogP contribution in [0, 0.1) is 0 Å². The fraction of sp³-hybridized carbons (Fsp3) is 1.00. The van der Waals surface area contributed by atoms with Gasteiger partial charge in [0.05, 0.1) is 11.7 Å². The summed E-state index contributed by atoms with van der Waals surface area (Å²) in [6.45, 7) is 13.4. The minimum atomic E-state index is -1.74. The normalized spacial score (nSPS) is 22.8. The van der Waals surface area contributed by atoms with E-state index in [0.29, 0.717) is 0 Å². The van der Waals surface area contributed by atoms with Crippen molar-refractivity contribution in [2.24, 2.45) is 0 Å². The smallest absolute Gasteiger partial charge is 0.192 e. The first-order chi connectivity index (χ1) is 8.08. The van der Waals surface area contributed by atoms with E-state index in [4.69, 9.17) is 4.43 Å². The zero-order valence-electron chi connectivity index (χ0n) is 13.2. The summed E-state index contributed by atoms with van der Waals surface area (Å²) in [6.07, 6.45) is 6.63. The van der Waals surface area contributed by atoms with E-state index in [1.165, 1.54) is 19.3 Å². The second-order valence-electron chi connectivity index (χ2n) is 7.66. The largest absolute Gasteiger partial charge is 0.411 e. The molecule has 0 saturated heterocycles. The number of hydrogen-bond donors (Lipinski definition) is 1. The highest BCUT2D eigenvalue weighted by Crippen LogP contribution is 2.44. The Hall–Kier alpha value is 0.137. The molecule has 1 rings (SSSR count). The molecule has 0 aromatic carbocycles. The molecule has 1 aliphatic carbocycles. The summed E-state index contributed by atoms with van der Waals surface area (Å²) in [7, 11) is -1.74. The van der Waals surface area contributed by atoms with Crippen molar-refractivity contribution >= 4 is 8.32 Å². The molecule has 0 amide bonds. The lowest BCUT2D eigenvalue weighted by Crippen LogP contribution is -2.51. The Kier molecular flexibility index (Phi) is 5.07. The molecule has 1 atom stereocenters. The van der Waals surface area contributed by atoms with Crippen LogP contribution in [0.3, 0.4) is 0 Å². The highest BCUT2D eigenvalue weighted by atomic mass is 28.4. The van der Waals surface area contributed by atoms with Crippen molar-refractivity contribution in [1.29, 1.82) is 0 Å². The highest BCUT2D eigenvalue weighted by Gasteiger charge is 2.45. The third-order valence-electron chi connectivity index (χ3n) is 4.71. The molecule has 1 N–H and O–H groups in total. The topological polar surface area (TPSA) is 29.5 Å². The molecule has 1 aliphatic rings. The number of hydrogen-bond acceptors (Lipinski definition) is 2. The molecule has 3 heteroatoms. The molecule has 0 aliphatic heterocycles. The van der Waals surface area contributed by atoms with Gasteiger partial charge in [0.15, 0.2) is 8.32 Å². The monoisotopic (exact) mass is 272 g/mol. The van der Waals surface area contributed by atoms with Crippen molar-refractivity contribution in [3.63, 3.8) is 0 Å². The maximum Gasteiger partial charge on any atom is 0.192 e. The first kappa shape index (κ1) is 16.2.